The van der Waals surface area contributed by atoms with Crippen LogP contribution in [0.5, 0.6) is 0 Å². The third-order valence-corrected chi connectivity index (χ3v) is 3.64. The minimum absolute atomic E-state index is 0.527. The van der Waals surface area contributed by atoms with Crippen molar-refractivity contribution in [1.82, 2.24) is 9.97 Å². The van der Waals surface area contributed by atoms with Gasteiger partial charge in [-0.05, 0) is 31.6 Å². The minimum atomic E-state index is 0.527. The average molecular weight is 233 g/mol. The summed E-state index contributed by atoms with van der Waals surface area (Å²) in [6.45, 7) is 2.31. The van der Waals surface area contributed by atoms with E-state index in [0.29, 0.717) is 11.6 Å². The SMILES string of the molecule is CC1CCC(N(C)c2ncc(C=O)cn2)CC1. The van der Waals surface area contributed by atoms with E-state index in [0.717, 1.165) is 18.2 Å². The number of hydrogen-bond acceptors (Lipinski definition) is 4. The molecule has 1 saturated carbocycles. The van der Waals surface area contributed by atoms with E-state index < -0.39 is 0 Å². The zero-order chi connectivity index (χ0) is 12.3. The highest BCUT2D eigenvalue weighted by Gasteiger charge is 2.22. The summed E-state index contributed by atoms with van der Waals surface area (Å²) in [4.78, 5) is 21.1. The summed E-state index contributed by atoms with van der Waals surface area (Å²) >= 11 is 0. The third kappa shape index (κ3) is 2.81. The molecule has 1 aliphatic carbocycles. The van der Waals surface area contributed by atoms with Crippen LogP contribution in [0.3, 0.4) is 0 Å². The van der Waals surface area contributed by atoms with Crippen LogP contribution in [0.2, 0.25) is 0 Å². The molecule has 0 radical (unpaired) electrons. The van der Waals surface area contributed by atoms with Crippen molar-refractivity contribution >= 4 is 12.2 Å². The van der Waals surface area contributed by atoms with Crippen molar-refractivity contribution in [3.05, 3.63) is 18.0 Å². The highest BCUT2D eigenvalue weighted by atomic mass is 16.1. The second kappa shape index (κ2) is 5.25. The highest BCUT2D eigenvalue weighted by Crippen LogP contribution is 2.27. The van der Waals surface area contributed by atoms with E-state index in [1.54, 1.807) is 12.4 Å². The molecule has 0 saturated heterocycles. The van der Waals surface area contributed by atoms with E-state index in [4.69, 9.17) is 0 Å². The van der Waals surface area contributed by atoms with Crippen LogP contribution in [-0.4, -0.2) is 29.3 Å². The predicted octanol–water partition coefficient (Wildman–Crippen LogP) is 2.30. The number of rotatable bonds is 3. The van der Waals surface area contributed by atoms with Crippen molar-refractivity contribution in [1.29, 1.82) is 0 Å². The molecular weight excluding hydrogens is 214 g/mol. The van der Waals surface area contributed by atoms with Crippen LogP contribution in [0.25, 0.3) is 0 Å². The largest absolute Gasteiger partial charge is 0.341 e. The molecule has 4 nitrogen and oxygen atoms in total. The molecule has 0 bridgehead atoms. The summed E-state index contributed by atoms with van der Waals surface area (Å²) in [7, 11) is 2.04. The van der Waals surface area contributed by atoms with E-state index in [1.165, 1.54) is 25.7 Å². The quantitative estimate of drug-likeness (QED) is 0.751. The van der Waals surface area contributed by atoms with Crippen molar-refractivity contribution in [3.63, 3.8) is 0 Å². The Morgan fingerprint density at radius 1 is 1.24 bits per heavy atom. The van der Waals surface area contributed by atoms with Crippen LogP contribution in [0.15, 0.2) is 12.4 Å². The summed E-state index contributed by atoms with van der Waals surface area (Å²) < 4.78 is 0. The maximum atomic E-state index is 10.5. The number of carbonyl (C=O) groups is 1. The van der Waals surface area contributed by atoms with Crippen LogP contribution in [-0.2, 0) is 0 Å². The summed E-state index contributed by atoms with van der Waals surface area (Å²) in [5.41, 5.74) is 0.527. The molecule has 1 heterocycles. The van der Waals surface area contributed by atoms with Gasteiger partial charge in [-0.15, -0.1) is 0 Å². The number of aromatic nitrogens is 2. The molecule has 17 heavy (non-hydrogen) atoms. The molecule has 2 rings (SSSR count). The first-order valence-electron chi connectivity index (χ1n) is 6.20. The summed E-state index contributed by atoms with van der Waals surface area (Å²) in [5.74, 6) is 1.56. The van der Waals surface area contributed by atoms with Gasteiger partial charge < -0.3 is 4.90 Å². The second-order valence-electron chi connectivity index (χ2n) is 4.96. The highest BCUT2D eigenvalue weighted by molar-refractivity contribution is 5.73. The molecular formula is C13H19N3O. The molecule has 0 N–H and O–H groups in total. The molecule has 0 aliphatic heterocycles. The molecule has 1 aromatic heterocycles. The smallest absolute Gasteiger partial charge is 0.225 e. The van der Waals surface area contributed by atoms with Gasteiger partial charge in [0, 0.05) is 25.5 Å². The van der Waals surface area contributed by atoms with Crippen molar-refractivity contribution in [3.8, 4) is 0 Å². The van der Waals surface area contributed by atoms with Crippen molar-refractivity contribution in [2.75, 3.05) is 11.9 Å². The Hall–Kier alpha value is -1.45. The second-order valence-corrected chi connectivity index (χ2v) is 4.96. The van der Waals surface area contributed by atoms with Crippen LogP contribution in [0, 0.1) is 5.92 Å². The van der Waals surface area contributed by atoms with E-state index in [2.05, 4.69) is 21.8 Å². The Bertz CT molecular complexity index is 369. The number of carbonyl (C=O) groups excluding carboxylic acids is 1. The monoisotopic (exact) mass is 233 g/mol. The normalized spacial score (nSPS) is 24.4. The maximum Gasteiger partial charge on any atom is 0.225 e. The lowest BCUT2D eigenvalue weighted by atomic mass is 9.87. The van der Waals surface area contributed by atoms with Gasteiger partial charge in [0.25, 0.3) is 0 Å². The van der Waals surface area contributed by atoms with E-state index in [-0.39, 0.29) is 0 Å². The Labute approximate surface area is 102 Å². The van der Waals surface area contributed by atoms with Gasteiger partial charge in [0.05, 0.1) is 5.56 Å². The van der Waals surface area contributed by atoms with E-state index in [1.807, 2.05) is 7.05 Å². The fraction of sp³-hybridized carbons (Fsp3) is 0.615. The van der Waals surface area contributed by atoms with Gasteiger partial charge in [-0.2, -0.15) is 0 Å². The molecule has 1 fully saturated rings. The van der Waals surface area contributed by atoms with Crippen LogP contribution in [0.4, 0.5) is 5.95 Å². The molecule has 0 amide bonds. The van der Waals surface area contributed by atoms with E-state index >= 15 is 0 Å². The topological polar surface area (TPSA) is 46.1 Å². The fourth-order valence-corrected chi connectivity index (χ4v) is 2.37. The zero-order valence-electron chi connectivity index (χ0n) is 10.5. The van der Waals surface area contributed by atoms with Gasteiger partial charge in [0.15, 0.2) is 6.29 Å². The molecule has 4 heteroatoms. The first-order valence-corrected chi connectivity index (χ1v) is 6.20. The first-order chi connectivity index (χ1) is 8.20. The van der Waals surface area contributed by atoms with E-state index in [9.17, 15) is 4.79 Å². The van der Waals surface area contributed by atoms with Gasteiger partial charge in [-0.3, -0.25) is 4.79 Å². The van der Waals surface area contributed by atoms with Gasteiger partial charge in [0.1, 0.15) is 0 Å². The Morgan fingerprint density at radius 3 is 2.35 bits per heavy atom. The summed E-state index contributed by atoms with van der Waals surface area (Å²) in [6, 6.07) is 0.535. The van der Waals surface area contributed by atoms with Gasteiger partial charge in [-0.1, -0.05) is 6.92 Å². The molecule has 0 unspecified atom stereocenters. The Kier molecular flexibility index (Phi) is 3.71. The van der Waals surface area contributed by atoms with Gasteiger partial charge >= 0.3 is 0 Å². The lowest BCUT2D eigenvalue weighted by Gasteiger charge is -2.33. The molecule has 0 spiro atoms. The fourth-order valence-electron chi connectivity index (χ4n) is 2.37. The van der Waals surface area contributed by atoms with Crippen LogP contribution in [0.1, 0.15) is 43.0 Å². The molecule has 0 aromatic carbocycles. The average Bonchev–Trinajstić information content (AvgIpc) is 2.39. The number of aldehydes is 1. The molecule has 92 valence electrons. The first kappa shape index (κ1) is 12.0. The minimum Gasteiger partial charge on any atom is -0.341 e. The number of nitrogens with zero attached hydrogens (tertiary/aromatic N) is 3. The lowest BCUT2D eigenvalue weighted by Crippen LogP contribution is -2.35. The third-order valence-electron chi connectivity index (χ3n) is 3.64. The van der Waals surface area contributed by atoms with Crippen molar-refractivity contribution < 1.29 is 4.79 Å². The summed E-state index contributed by atoms with van der Waals surface area (Å²) in [5, 5.41) is 0. The Morgan fingerprint density at radius 2 is 1.82 bits per heavy atom. The summed E-state index contributed by atoms with van der Waals surface area (Å²) in [6.07, 6.45) is 8.90. The van der Waals surface area contributed by atoms with Crippen molar-refractivity contribution in [2.24, 2.45) is 5.92 Å². The number of hydrogen-bond donors (Lipinski definition) is 0. The van der Waals surface area contributed by atoms with Crippen LogP contribution >= 0.6 is 0 Å². The maximum absolute atomic E-state index is 10.5. The zero-order valence-corrected chi connectivity index (χ0v) is 10.5. The number of anilines is 1. The molecule has 0 atom stereocenters. The Balaban J connectivity index is 2.03. The van der Waals surface area contributed by atoms with Gasteiger partial charge in [-0.25, -0.2) is 9.97 Å². The van der Waals surface area contributed by atoms with Crippen LogP contribution < -0.4 is 4.90 Å². The van der Waals surface area contributed by atoms with Gasteiger partial charge in [0.2, 0.25) is 5.95 Å². The van der Waals surface area contributed by atoms with Crippen molar-refractivity contribution in [2.45, 2.75) is 38.6 Å². The predicted molar refractivity (Wildman–Crippen MR) is 67.2 cm³/mol. The molecule has 1 aliphatic rings. The lowest BCUT2D eigenvalue weighted by molar-refractivity contribution is 0.112. The standard InChI is InChI=1S/C13H19N3O/c1-10-3-5-12(6-4-10)16(2)13-14-7-11(9-17)8-15-13/h7-10,12H,3-6H2,1-2H3. The molecule has 1 aromatic rings.